The van der Waals surface area contributed by atoms with Gasteiger partial charge in [-0.05, 0) is 30.4 Å². The Balaban J connectivity index is 2.11. The number of furan rings is 1. The summed E-state index contributed by atoms with van der Waals surface area (Å²) in [5.74, 6) is 1.91. The molecule has 0 radical (unpaired) electrons. The van der Waals surface area contributed by atoms with Gasteiger partial charge >= 0.3 is 0 Å². The summed E-state index contributed by atoms with van der Waals surface area (Å²) in [6, 6.07) is 0. The van der Waals surface area contributed by atoms with Crippen molar-refractivity contribution in [1.82, 2.24) is 0 Å². The molecule has 2 nitrogen and oxygen atoms in total. The largest absolute Gasteiger partial charge is 0.469 e. The lowest BCUT2D eigenvalue weighted by Gasteiger charge is -2.10. The van der Waals surface area contributed by atoms with Crippen LogP contribution in [-0.4, -0.2) is 5.78 Å². The molecule has 2 aliphatic rings. The smallest absolute Gasteiger partial charge is 0.159 e. The van der Waals surface area contributed by atoms with E-state index < -0.39 is 0 Å². The third kappa shape index (κ3) is 1.29. The van der Waals surface area contributed by atoms with E-state index in [0.717, 1.165) is 37.0 Å². The van der Waals surface area contributed by atoms with Crippen LogP contribution in [0.4, 0.5) is 0 Å². The van der Waals surface area contributed by atoms with Crippen LogP contribution in [0.25, 0.3) is 0 Å². The van der Waals surface area contributed by atoms with Crippen LogP contribution < -0.4 is 0 Å². The predicted molar refractivity (Wildman–Crippen MR) is 61.3 cm³/mol. The highest BCUT2D eigenvalue weighted by Crippen LogP contribution is 2.38. The molecule has 1 atom stereocenters. The van der Waals surface area contributed by atoms with Gasteiger partial charge in [-0.1, -0.05) is 12.5 Å². The third-order valence-corrected chi connectivity index (χ3v) is 3.98. The highest BCUT2D eigenvalue weighted by molar-refractivity contribution is 5.99. The fraction of sp³-hybridized carbons (Fsp3) is 0.500. The molecular formula is C14H16O2. The van der Waals surface area contributed by atoms with Crippen LogP contribution in [0.1, 0.15) is 36.7 Å². The van der Waals surface area contributed by atoms with Gasteiger partial charge < -0.3 is 4.42 Å². The van der Waals surface area contributed by atoms with Crippen LogP contribution in [0.2, 0.25) is 0 Å². The number of hydrogen-bond donors (Lipinski definition) is 0. The molecule has 0 saturated heterocycles. The van der Waals surface area contributed by atoms with Crippen molar-refractivity contribution in [2.24, 2.45) is 5.92 Å². The van der Waals surface area contributed by atoms with Crippen LogP contribution in [0.3, 0.4) is 0 Å². The Morgan fingerprint density at radius 3 is 3.00 bits per heavy atom. The Morgan fingerprint density at radius 1 is 1.38 bits per heavy atom. The molecule has 0 saturated carbocycles. The van der Waals surface area contributed by atoms with Crippen LogP contribution in [0.15, 0.2) is 21.8 Å². The molecule has 0 fully saturated rings. The second-order valence-corrected chi connectivity index (χ2v) is 5.03. The number of allylic oxidation sites excluding steroid dienone is 2. The Morgan fingerprint density at radius 2 is 2.19 bits per heavy atom. The summed E-state index contributed by atoms with van der Waals surface area (Å²) in [5.41, 5.74) is 4.91. The van der Waals surface area contributed by atoms with Crippen molar-refractivity contribution in [3.05, 3.63) is 34.3 Å². The molecule has 3 rings (SSSR count). The Bertz CT molecular complexity index is 491. The van der Waals surface area contributed by atoms with Crippen molar-refractivity contribution in [1.29, 1.82) is 0 Å². The first kappa shape index (κ1) is 9.88. The first-order chi connectivity index (χ1) is 7.66. The van der Waals surface area contributed by atoms with Gasteiger partial charge in [-0.25, -0.2) is 0 Å². The Kier molecular flexibility index (Phi) is 2.06. The number of fused-ring (bicyclic) bond motifs is 1. The SMILES string of the molecule is Cc1coc2c1CC1=C(CCC1=O)C(C)C2. The van der Waals surface area contributed by atoms with Crippen LogP contribution in [-0.2, 0) is 17.6 Å². The first-order valence-corrected chi connectivity index (χ1v) is 5.97. The fourth-order valence-electron chi connectivity index (χ4n) is 2.99. The van der Waals surface area contributed by atoms with Gasteiger partial charge in [-0.15, -0.1) is 0 Å². The zero-order valence-electron chi connectivity index (χ0n) is 9.80. The maximum Gasteiger partial charge on any atom is 0.159 e. The molecule has 1 aromatic rings. The van der Waals surface area contributed by atoms with Crippen molar-refractivity contribution in [2.45, 2.75) is 39.5 Å². The van der Waals surface area contributed by atoms with Gasteiger partial charge in [0.05, 0.1) is 6.26 Å². The number of carbonyl (C=O) groups excluding carboxylic acids is 1. The van der Waals surface area contributed by atoms with E-state index in [4.69, 9.17) is 4.42 Å². The molecule has 84 valence electrons. The summed E-state index contributed by atoms with van der Waals surface area (Å²) in [5, 5.41) is 0. The first-order valence-electron chi connectivity index (χ1n) is 5.97. The maximum absolute atomic E-state index is 11.9. The lowest BCUT2D eigenvalue weighted by molar-refractivity contribution is -0.115. The minimum atomic E-state index is 0.357. The minimum absolute atomic E-state index is 0.357. The van der Waals surface area contributed by atoms with E-state index in [9.17, 15) is 4.79 Å². The average Bonchev–Trinajstić information content (AvgIpc) is 2.72. The summed E-state index contributed by atoms with van der Waals surface area (Å²) in [6.07, 6.45) is 5.27. The zero-order valence-corrected chi connectivity index (χ0v) is 9.80. The normalized spacial score (nSPS) is 24.4. The highest BCUT2D eigenvalue weighted by Gasteiger charge is 2.31. The number of carbonyl (C=O) groups is 1. The molecule has 1 heterocycles. The van der Waals surface area contributed by atoms with E-state index in [2.05, 4.69) is 13.8 Å². The molecule has 0 aliphatic heterocycles. The number of Topliss-reactive ketones (excluding diaryl/α,β-unsaturated/α-hetero) is 1. The van der Waals surface area contributed by atoms with Gasteiger partial charge in [0.25, 0.3) is 0 Å². The predicted octanol–water partition coefficient (Wildman–Crippen LogP) is 2.98. The van der Waals surface area contributed by atoms with E-state index in [1.807, 2.05) is 6.26 Å². The van der Waals surface area contributed by atoms with E-state index in [1.54, 1.807) is 0 Å². The molecule has 1 unspecified atom stereocenters. The topological polar surface area (TPSA) is 30.2 Å². The second kappa shape index (κ2) is 3.34. The zero-order chi connectivity index (χ0) is 11.3. The second-order valence-electron chi connectivity index (χ2n) is 5.03. The number of ketones is 1. The molecule has 0 spiro atoms. The van der Waals surface area contributed by atoms with Crippen molar-refractivity contribution in [2.75, 3.05) is 0 Å². The van der Waals surface area contributed by atoms with Crippen molar-refractivity contribution in [3.8, 4) is 0 Å². The van der Waals surface area contributed by atoms with Crippen LogP contribution in [0.5, 0.6) is 0 Å². The standard InChI is InChI=1S/C14H16O2/c1-8-5-14-11(9(2)7-16-14)6-12-10(8)3-4-13(12)15/h7-8H,3-6H2,1-2H3. The van der Waals surface area contributed by atoms with Gasteiger partial charge in [0, 0.05) is 24.8 Å². The molecular weight excluding hydrogens is 200 g/mol. The van der Waals surface area contributed by atoms with Gasteiger partial charge in [0.1, 0.15) is 5.76 Å². The Labute approximate surface area is 95.3 Å². The lowest BCUT2D eigenvalue weighted by atomic mass is 9.95. The van der Waals surface area contributed by atoms with Gasteiger partial charge in [-0.2, -0.15) is 0 Å². The number of aryl methyl sites for hydroxylation is 1. The van der Waals surface area contributed by atoms with E-state index in [-0.39, 0.29) is 0 Å². The van der Waals surface area contributed by atoms with Crippen molar-refractivity contribution >= 4 is 5.78 Å². The van der Waals surface area contributed by atoms with Gasteiger partial charge in [0.2, 0.25) is 0 Å². The summed E-state index contributed by atoms with van der Waals surface area (Å²) < 4.78 is 5.60. The summed E-state index contributed by atoms with van der Waals surface area (Å²) >= 11 is 0. The van der Waals surface area contributed by atoms with Crippen molar-refractivity contribution in [3.63, 3.8) is 0 Å². The maximum atomic E-state index is 11.9. The quantitative estimate of drug-likeness (QED) is 0.667. The van der Waals surface area contributed by atoms with Crippen LogP contribution >= 0.6 is 0 Å². The average molecular weight is 216 g/mol. The number of rotatable bonds is 0. The van der Waals surface area contributed by atoms with E-state index >= 15 is 0 Å². The minimum Gasteiger partial charge on any atom is -0.469 e. The summed E-state index contributed by atoms with van der Waals surface area (Å²) in [4.78, 5) is 11.9. The Hall–Kier alpha value is -1.31. The van der Waals surface area contributed by atoms with Crippen molar-refractivity contribution < 1.29 is 9.21 Å². The monoisotopic (exact) mass is 216 g/mol. The lowest BCUT2D eigenvalue weighted by Crippen LogP contribution is -2.02. The van der Waals surface area contributed by atoms with E-state index in [0.29, 0.717) is 11.7 Å². The highest BCUT2D eigenvalue weighted by atomic mass is 16.3. The summed E-state index contributed by atoms with van der Waals surface area (Å²) in [6.45, 7) is 4.28. The van der Waals surface area contributed by atoms with Gasteiger partial charge in [0.15, 0.2) is 5.78 Å². The van der Waals surface area contributed by atoms with Crippen LogP contribution in [0, 0.1) is 12.8 Å². The number of hydrogen-bond acceptors (Lipinski definition) is 2. The molecule has 2 heteroatoms. The third-order valence-electron chi connectivity index (χ3n) is 3.98. The molecule has 16 heavy (non-hydrogen) atoms. The fourth-order valence-corrected chi connectivity index (χ4v) is 2.99. The summed E-state index contributed by atoms with van der Waals surface area (Å²) in [7, 11) is 0. The molecule has 0 aromatic carbocycles. The molecule has 2 aliphatic carbocycles. The molecule has 0 bridgehead atoms. The molecule has 0 N–H and O–H groups in total. The molecule has 0 amide bonds. The van der Waals surface area contributed by atoms with Gasteiger partial charge in [-0.3, -0.25) is 4.79 Å². The molecule has 1 aromatic heterocycles. The van der Waals surface area contributed by atoms with E-state index in [1.165, 1.54) is 16.7 Å².